The summed E-state index contributed by atoms with van der Waals surface area (Å²) in [5.74, 6) is 0.440. The molecule has 0 aliphatic carbocycles. The number of para-hydroxylation sites is 1. The van der Waals surface area contributed by atoms with Crippen molar-refractivity contribution < 1.29 is 14.6 Å². The van der Waals surface area contributed by atoms with E-state index in [1.54, 1.807) is 0 Å². The van der Waals surface area contributed by atoms with Crippen molar-refractivity contribution >= 4 is 5.97 Å². The monoisotopic (exact) mass is 280 g/mol. The summed E-state index contributed by atoms with van der Waals surface area (Å²) >= 11 is 0. The van der Waals surface area contributed by atoms with E-state index in [0.29, 0.717) is 11.4 Å². The normalized spacial score (nSPS) is 10.3. The first kappa shape index (κ1) is 12.9. The molecule has 1 heterocycles. The lowest BCUT2D eigenvalue weighted by atomic mass is 10.1. The lowest BCUT2D eigenvalue weighted by Crippen LogP contribution is -1.95. The van der Waals surface area contributed by atoms with Crippen LogP contribution in [0.5, 0.6) is 11.5 Å². The second kappa shape index (κ2) is 5.50. The number of carbonyl (C=O) groups is 1. The molecule has 1 aromatic heterocycles. The van der Waals surface area contributed by atoms with Crippen molar-refractivity contribution in [2.24, 2.45) is 0 Å². The van der Waals surface area contributed by atoms with Gasteiger partial charge in [-0.15, -0.1) is 0 Å². The summed E-state index contributed by atoms with van der Waals surface area (Å²) in [6.07, 6.45) is 0. The van der Waals surface area contributed by atoms with E-state index in [1.165, 1.54) is 6.07 Å². The minimum Gasteiger partial charge on any atom is -0.477 e. The lowest BCUT2D eigenvalue weighted by Gasteiger charge is -2.05. The van der Waals surface area contributed by atoms with Crippen LogP contribution in [0.2, 0.25) is 0 Å². The Morgan fingerprint density at radius 3 is 2.29 bits per heavy atom. The maximum Gasteiger partial charge on any atom is 0.353 e. The number of H-pyrrole nitrogens is 1. The summed E-state index contributed by atoms with van der Waals surface area (Å²) in [7, 11) is 0. The van der Waals surface area contributed by atoms with Crippen molar-refractivity contribution in [3.05, 3.63) is 66.4 Å². The van der Waals surface area contributed by atoms with Crippen molar-refractivity contribution in [2.75, 3.05) is 0 Å². The van der Waals surface area contributed by atoms with Crippen molar-refractivity contribution in [3.63, 3.8) is 0 Å². The molecule has 5 nitrogen and oxygen atoms in total. The van der Waals surface area contributed by atoms with Gasteiger partial charge in [-0.25, -0.2) is 4.79 Å². The van der Waals surface area contributed by atoms with Gasteiger partial charge in [0.05, 0.1) is 5.69 Å². The lowest BCUT2D eigenvalue weighted by molar-refractivity contribution is 0.0690. The molecular weight excluding hydrogens is 268 g/mol. The highest BCUT2D eigenvalue weighted by Gasteiger charge is 2.09. The van der Waals surface area contributed by atoms with Crippen LogP contribution in [0.1, 0.15) is 10.5 Å². The maximum absolute atomic E-state index is 10.8. The molecule has 2 aromatic carbocycles. The predicted octanol–water partition coefficient (Wildman–Crippen LogP) is 3.57. The fraction of sp³-hybridized carbons (Fsp3) is 0. The molecule has 0 bridgehead atoms. The van der Waals surface area contributed by atoms with Crippen molar-refractivity contribution in [2.45, 2.75) is 0 Å². The van der Waals surface area contributed by atoms with Gasteiger partial charge in [0.2, 0.25) is 0 Å². The molecular formula is C16H12N2O3. The zero-order chi connectivity index (χ0) is 14.7. The molecule has 0 amide bonds. The largest absolute Gasteiger partial charge is 0.477 e. The molecule has 0 atom stereocenters. The fourth-order valence-electron chi connectivity index (χ4n) is 1.90. The molecule has 5 heteroatoms. The Bertz CT molecular complexity index is 749. The molecule has 3 aromatic rings. The van der Waals surface area contributed by atoms with Gasteiger partial charge >= 0.3 is 5.97 Å². The number of nitrogens with one attached hydrogen (secondary N) is 1. The molecule has 0 spiro atoms. The summed E-state index contributed by atoms with van der Waals surface area (Å²) in [6.45, 7) is 0. The second-order valence-corrected chi connectivity index (χ2v) is 4.41. The number of ether oxygens (including phenoxy) is 1. The summed E-state index contributed by atoms with van der Waals surface area (Å²) in [4.78, 5) is 10.8. The molecule has 0 unspecified atom stereocenters. The van der Waals surface area contributed by atoms with Gasteiger partial charge in [0.25, 0.3) is 0 Å². The zero-order valence-electron chi connectivity index (χ0n) is 11.0. The molecule has 0 radical (unpaired) electrons. The van der Waals surface area contributed by atoms with Gasteiger partial charge in [0.1, 0.15) is 17.2 Å². The third-order valence-electron chi connectivity index (χ3n) is 2.94. The quantitative estimate of drug-likeness (QED) is 0.766. The van der Waals surface area contributed by atoms with E-state index < -0.39 is 5.97 Å². The number of carboxylic acids is 1. The van der Waals surface area contributed by atoms with Crippen molar-refractivity contribution in [1.82, 2.24) is 10.2 Å². The van der Waals surface area contributed by atoms with Crippen LogP contribution in [0.3, 0.4) is 0 Å². The molecule has 0 aliphatic heterocycles. The third-order valence-corrected chi connectivity index (χ3v) is 2.94. The highest BCUT2D eigenvalue weighted by atomic mass is 16.5. The number of hydrogen-bond donors (Lipinski definition) is 2. The number of carboxylic acid groups (broad SMARTS) is 1. The first-order valence-electron chi connectivity index (χ1n) is 6.34. The molecule has 0 fully saturated rings. The van der Waals surface area contributed by atoms with E-state index in [9.17, 15) is 4.79 Å². The number of aromatic carboxylic acids is 1. The fourth-order valence-corrected chi connectivity index (χ4v) is 1.90. The number of aromatic amines is 1. The highest BCUT2D eigenvalue weighted by Crippen LogP contribution is 2.25. The van der Waals surface area contributed by atoms with Gasteiger partial charge < -0.3 is 9.84 Å². The smallest absolute Gasteiger partial charge is 0.353 e. The Kier molecular flexibility index (Phi) is 3.39. The minimum absolute atomic E-state index is 0.0645. The molecule has 104 valence electrons. The van der Waals surface area contributed by atoms with Crippen molar-refractivity contribution in [3.8, 4) is 22.8 Å². The summed E-state index contributed by atoms with van der Waals surface area (Å²) < 4.78 is 5.69. The van der Waals surface area contributed by atoms with E-state index in [-0.39, 0.29) is 5.69 Å². The van der Waals surface area contributed by atoms with Gasteiger partial charge in [-0.2, -0.15) is 5.10 Å². The average Bonchev–Trinajstić information content (AvgIpc) is 2.99. The summed E-state index contributed by atoms with van der Waals surface area (Å²) in [6, 6.07) is 18.3. The topological polar surface area (TPSA) is 75.2 Å². The number of aromatic nitrogens is 2. The standard InChI is InChI=1S/C16H12N2O3/c19-16(20)15-10-14(17-18-15)11-6-8-13(9-7-11)21-12-4-2-1-3-5-12/h1-10H,(H,17,18)(H,19,20). The second-order valence-electron chi connectivity index (χ2n) is 4.41. The van der Waals surface area contributed by atoms with Gasteiger partial charge in [-0.3, -0.25) is 5.10 Å². The Morgan fingerprint density at radius 2 is 1.67 bits per heavy atom. The first-order valence-corrected chi connectivity index (χ1v) is 6.34. The van der Waals surface area contributed by atoms with Crippen LogP contribution in [0, 0.1) is 0 Å². The van der Waals surface area contributed by atoms with Crippen LogP contribution in [0.15, 0.2) is 60.7 Å². The van der Waals surface area contributed by atoms with E-state index in [4.69, 9.17) is 9.84 Å². The van der Waals surface area contributed by atoms with E-state index in [0.717, 1.165) is 11.3 Å². The predicted molar refractivity (Wildman–Crippen MR) is 77.5 cm³/mol. The molecule has 3 rings (SSSR count). The zero-order valence-corrected chi connectivity index (χ0v) is 11.0. The summed E-state index contributed by atoms with van der Waals surface area (Å²) in [5, 5.41) is 15.3. The third kappa shape index (κ3) is 2.92. The highest BCUT2D eigenvalue weighted by molar-refractivity contribution is 5.86. The molecule has 2 N–H and O–H groups in total. The SMILES string of the molecule is O=C(O)c1cc(-c2ccc(Oc3ccccc3)cc2)n[nH]1. The molecule has 21 heavy (non-hydrogen) atoms. The average molecular weight is 280 g/mol. The van der Waals surface area contributed by atoms with Crippen LogP contribution in [0.4, 0.5) is 0 Å². The Labute approximate surface area is 120 Å². The van der Waals surface area contributed by atoms with Crippen LogP contribution >= 0.6 is 0 Å². The number of hydrogen-bond acceptors (Lipinski definition) is 3. The Morgan fingerprint density at radius 1 is 1.00 bits per heavy atom. The van der Waals surface area contributed by atoms with Crippen LogP contribution in [-0.2, 0) is 0 Å². The van der Waals surface area contributed by atoms with E-state index >= 15 is 0 Å². The van der Waals surface area contributed by atoms with Gasteiger partial charge in [-0.05, 0) is 42.5 Å². The Balaban J connectivity index is 1.78. The molecule has 0 saturated carbocycles. The van der Waals surface area contributed by atoms with Crippen LogP contribution in [0.25, 0.3) is 11.3 Å². The number of rotatable bonds is 4. The van der Waals surface area contributed by atoms with Gasteiger partial charge in [-0.1, -0.05) is 18.2 Å². The molecule has 0 saturated heterocycles. The van der Waals surface area contributed by atoms with E-state index in [2.05, 4.69) is 10.2 Å². The first-order chi connectivity index (χ1) is 10.2. The van der Waals surface area contributed by atoms with Gasteiger partial charge in [0.15, 0.2) is 0 Å². The minimum atomic E-state index is -1.03. The van der Waals surface area contributed by atoms with Crippen LogP contribution < -0.4 is 4.74 Å². The van der Waals surface area contributed by atoms with Crippen LogP contribution in [-0.4, -0.2) is 21.3 Å². The van der Waals surface area contributed by atoms with Gasteiger partial charge in [0, 0.05) is 5.56 Å². The maximum atomic E-state index is 10.8. The summed E-state index contributed by atoms with van der Waals surface area (Å²) in [5.41, 5.74) is 1.47. The molecule has 0 aliphatic rings. The number of benzene rings is 2. The van der Waals surface area contributed by atoms with Crippen molar-refractivity contribution in [1.29, 1.82) is 0 Å². The Hall–Kier alpha value is -3.08. The number of nitrogens with zero attached hydrogens (tertiary/aromatic N) is 1. The van der Waals surface area contributed by atoms with E-state index in [1.807, 2.05) is 54.6 Å².